The first kappa shape index (κ1) is 14.1. The summed E-state index contributed by atoms with van der Waals surface area (Å²) in [7, 11) is 0. The maximum Gasteiger partial charge on any atom is 0.406 e. The van der Waals surface area contributed by atoms with Crippen molar-refractivity contribution in [3.8, 4) is 0 Å². The van der Waals surface area contributed by atoms with Gasteiger partial charge in [0.1, 0.15) is 6.04 Å². The molecule has 1 aromatic carbocycles. The van der Waals surface area contributed by atoms with Crippen LogP contribution in [0.2, 0.25) is 5.02 Å². The first-order chi connectivity index (χ1) is 8.86. The largest absolute Gasteiger partial charge is 0.406 e. The van der Waals surface area contributed by atoms with E-state index in [1.807, 2.05) is 0 Å². The highest BCUT2D eigenvalue weighted by Crippen LogP contribution is 2.28. The smallest absolute Gasteiger partial charge is 0.288 e. The van der Waals surface area contributed by atoms with Crippen molar-refractivity contribution in [1.29, 1.82) is 0 Å². The van der Waals surface area contributed by atoms with Gasteiger partial charge in [-0.1, -0.05) is 23.7 Å². The molecule has 1 fully saturated rings. The van der Waals surface area contributed by atoms with Crippen molar-refractivity contribution in [3.05, 3.63) is 34.9 Å². The molecule has 104 valence electrons. The van der Waals surface area contributed by atoms with Gasteiger partial charge in [0.05, 0.1) is 0 Å². The second kappa shape index (κ2) is 5.38. The maximum atomic E-state index is 13.1. The normalized spacial score (nSPS) is 18.4. The molecule has 1 unspecified atom stereocenters. The molecule has 19 heavy (non-hydrogen) atoms. The minimum absolute atomic E-state index is 0.0591. The number of carbonyl (C=O) groups is 1. The summed E-state index contributed by atoms with van der Waals surface area (Å²) < 4.78 is 39.2. The topological polar surface area (TPSA) is 32.3 Å². The third-order valence-corrected chi connectivity index (χ3v) is 3.16. The van der Waals surface area contributed by atoms with Crippen LogP contribution in [0.1, 0.15) is 12.0 Å². The van der Waals surface area contributed by atoms with Gasteiger partial charge in [-0.3, -0.25) is 10.2 Å². The zero-order valence-electron chi connectivity index (χ0n) is 9.88. The summed E-state index contributed by atoms with van der Waals surface area (Å²) in [6, 6.07) is 4.55. The van der Waals surface area contributed by atoms with Crippen LogP contribution in [0.15, 0.2) is 24.3 Å². The lowest BCUT2D eigenvalue weighted by Gasteiger charge is -2.29. The van der Waals surface area contributed by atoms with Gasteiger partial charge < -0.3 is 0 Å². The number of nitrogens with one attached hydrogen (secondary N) is 1. The van der Waals surface area contributed by atoms with Crippen molar-refractivity contribution in [1.82, 2.24) is 10.4 Å². The number of carbonyl (C=O) groups excluding carboxylic acids is 1. The summed E-state index contributed by atoms with van der Waals surface area (Å²) in [4.78, 5) is 11.1. The molecule has 3 nitrogen and oxygen atoms in total. The van der Waals surface area contributed by atoms with E-state index in [2.05, 4.69) is 5.43 Å². The fourth-order valence-corrected chi connectivity index (χ4v) is 2.23. The van der Waals surface area contributed by atoms with Crippen molar-refractivity contribution in [2.45, 2.75) is 25.1 Å². The monoisotopic (exact) mass is 292 g/mol. The van der Waals surface area contributed by atoms with Gasteiger partial charge in [-0.2, -0.15) is 13.2 Å². The van der Waals surface area contributed by atoms with Gasteiger partial charge in [0, 0.05) is 18.0 Å². The summed E-state index contributed by atoms with van der Waals surface area (Å²) in [5, 5.41) is 1.34. The molecule has 2 rings (SSSR count). The second-order valence-corrected chi connectivity index (χ2v) is 4.81. The molecule has 0 saturated carbocycles. The summed E-state index contributed by atoms with van der Waals surface area (Å²) in [6.45, 7) is 0.0591. The number of hydrazine groups is 1. The molecular weight excluding hydrogens is 281 g/mol. The van der Waals surface area contributed by atoms with Crippen LogP contribution in [-0.2, 0) is 11.2 Å². The quantitative estimate of drug-likeness (QED) is 0.928. The lowest BCUT2D eigenvalue weighted by molar-refractivity contribution is -0.187. The highest BCUT2D eigenvalue weighted by Gasteiger charge is 2.45. The van der Waals surface area contributed by atoms with Crippen LogP contribution in [0.4, 0.5) is 13.2 Å². The third kappa shape index (κ3) is 3.61. The summed E-state index contributed by atoms with van der Waals surface area (Å²) in [5.74, 6) is -0.389. The number of nitrogens with zero attached hydrogens (tertiary/aromatic N) is 1. The van der Waals surface area contributed by atoms with Crippen LogP contribution < -0.4 is 5.43 Å². The highest BCUT2D eigenvalue weighted by atomic mass is 35.5. The standard InChI is InChI=1S/C12H12ClF3N2O/c13-9-3-1-2-8(6-9)7-10(12(14,15)16)18-5-4-11(19)17-18/h1-3,6,10H,4-5,7H2,(H,17,19). The first-order valence-corrected chi connectivity index (χ1v) is 6.11. The lowest BCUT2D eigenvalue weighted by Crippen LogP contribution is -2.51. The molecule has 0 radical (unpaired) electrons. The third-order valence-electron chi connectivity index (χ3n) is 2.92. The van der Waals surface area contributed by atoms with Crippen molar-refractivity contribution >= 4 is 17.5 Å². The molecule has 0 spiro atoms. The SMILES string of the molecule is O=C1CCN(C(Cc2cccc(Cl)c2)C(F)(F)F)N1. The van der Waals surface area contributed by atoms with Crippen molar-refractivity contribution in [2.75, 3.05) is 6.54 Å². The van der Waals surface area contributed by atoms with E-state index in [-0.39, 0.29) is 25.3 Å². The van der Waals surface area contributed by atoms with E-state index in [4.69, 9.17) is 11.6 Å². The van der Waals surface area contributed by atoms with Gasteiger partial charge in [-0.25, -0.2) is 5.01 Å². The zero-order chi connectivity index (χ0) is 14.0. The average molecular weight is 293 g/mol. The number of amides is 1. The molecule has 7 heteroatoms. The first-order valence-electron chi connectivity index (χ1n) is 5.73. The van der Waals surface area contributed by atoms with Crippen molar-refractivity contribution in [2.24, 2.45) is 0 Å². The van der Waals surface area contributed by atoms with Crippen molar-refractivity contribution < 1.29 is 18.0 Å². The van der Waals surface area contributed by atoms with Crippen molar-refractivity contribution in [3.63, 3.8) is 0 Å². The molecule has 1 heterocycles. The lowest BCUT2D eigenvalue weighted by atomic mass is 10.1. The maximum absolute atomic E-state index is 13.1. The summed E-state index contributed by atoms with van der Waals surface area (Å²) >= 11 is 5.76. The zero-order valence-corrected chi connectivity index (χ0v) is 10.6. The van der Waals surface area contributed by atoms with Crippen LogP contribution in [0.25, 0.3) is 0 Å². The Morgan fingerprint density at radius 2 is 2.16 bits per heavy atom. The molecule has 0 bridgehead atoms. The predicted octanol–water partition coefficient (Wildman–Crippen LogP) is 2.55. The molecule has 1 aliphatic rings. The van der Waals surface area contributed by atoms with Gasteiger partial charge in [-0.15, -0.1) is 0 Å². The minimum Gasteiger partial charge on any atom is -0.288 e. The minimum atomic E-state index is -4.42. The molecule has 0 aromatic heterocycles. The van der Waals surface area contributed by atoms with Crippen LogP contribution in [0.5, 0.6) is 0 Å². The number of benzene rings is 1. The average Bonchev–Trinajstić information content (AvgIpc) is 2.71. The Morgan fingerprint density at radius 3 is 2.68 bits per heavy atom. The van der Waals surface area contributed by atoms with Gasteiger partial charge in [-0.05, 0) is 24.1 Å². The highest BCUT2D eigenvalue weighted by molar-refractivity contribution is 6.30. The Morgan fingerprint density at radius 1 is 1.42 bits per heavy atom. The van der Waals surface area contributed by atoms with E-state index >= 15 is 0 Å². The van der Waals surface area contributed by atoms with Gasteiger partial charge in [0.25, 0.3) is 0 Å². The van der Waals surface area contributed by atoms with E-state index in [0.29, 0.717) is 10.6 Å². The fraction of sp³-hybridized carbons (Fsp3) is 0.417. The van der Waals surface area contributed by atoms with E-state index < -0.39 is 12.2 Å². The summed E-state index contributed by atoms with van der Waals surface area (Å²) in [6.07, 6.45) is -4.58. The van der Waals surface area contributed by atoms with E-state index in [9.17, 15) is 18.0 Å². The Balaban J connectivity index is 2.17. The number of alkyl halides is 3. The predicted molar refractivity (Wildman–Crippen MR) is 64.5 cm³/mol. The second-order valence-electron chi connectivity index (χ2n) is 4.37. The van der Waals surface area contributed by atoms with Crippen LogP contribution in [-0.4, -0.2) is 29.7 Å². The Kier molecular flexibility index (Phi) is 4.01. The molecule has 1 aliphatic heterocycles. The van der Waals surface area contributed by atoms with Gasteiger partial charge >= 0.3 is 6.18 Å². The van der Waals surface area contributed by atoms with E-state index in [1.165, 1.54) is 6.07 Å². The molecule has 1 amide bonds. The molecule has 1 saturated heterocycles. The Labute approximate surface area is 113 Å². The van der Waals surface area contributed by atoms with Crippen LogP contribution in [0.3, 0.4) is 0 Å². The van der Waals surface area contributed by atoms with Crippen LogP contribution >= 0.6 is 11.6 Å². The molecule has 1 N–H and O–H groups in total. The van der Waals surface area contributed by atoms with Gasteiger partial charge in [0.2, 0.25) is 5.91 Å². The Hall–Kier alpha value is -1.27. The number of hydrogen-bond acceptors (Lipinski definition) is 2. The fourth-order valence-electron chi connectivity index (χ4n) is 2.02. The number of halogens is 4. The molecule has 1 aromatic rings. The molecular formula is C12H12ClF3N2O. The van der Waals surface area contributed by atoms with Gasteiger partial charge in [0.15, 0.2) is 0 Å². The van der Waals surface area contributed by atoms with Crippen LogP contribution in [0, 0.1) is 0 Å². The number of hydrogen-bond donors (Lipinski definition) is 1. The molecule has 0 aliphatic carbocycles. The Bertz CT molecular complexity index is 478. The van der Waals surface area contributed by atoms with E-state index in [1.54, 1.807) is 18.2 Å². The number of rotatable bonds is 3. The summed E-state index contributed by atoms with van der Waals surface area (Å²) in [5.41, 5.74) is 2.72. The molecule has 1 atom stereocenters. The van der Waals surface area contributed by atoms with E-state index in [0.717, 1.165) is 5.01 Å².